The van der Waals surface area contributed by atoms with Gasteiger partial charge in [0.25, 0.3) is 0 Å². The second kappa shape index (κ2) is 4.67. The molecule has 1 aliphatic heterocycles. The summed E-state index contributed by atoms with van der Waals surface area (Å²) in [6, 6.07) is 0.681. The van der Waals surface area contributed by atoms with E-state index in [9.17, 15) is 0 Å². The van der Waals surface area contributed by atoms with Crippen molar-refractivity contribution in [1.29, 1.82) is 0 Å². The van der Waals surface area contributed by atoms with Gasteiger partial charge in [-0.25, -0.2) is 0 Å². The van der Waals surface area contributed by atoms with E-state index < -0.39 is 0 Å². The summed E-state index contributed by atoms with van der Waals surface area (Å²) in [6.45, 7) is 10.1. The Kier molecular flexibility index (Phi) is 4.07. The molecule has 0 aromatic heterocycles. The van der Waals surface area contributed by atoms with Crippen molar-refractivity contribution in [2.75, 3.05) is 25.4 Å². The van der Waals surface area contributed by atoms with Gasteiger partial charge in [0, 0.05) is 36.2 Å². The Morgan fingerprint density at radius 1 is 1.46 bits per heavy atom. The van der Waals surface area contributed by atoms with E-state index in [2.05, 4.69) is 25.7 Å². The highest BCUT2D eigenvalue weighted by Crippen LogP contribution is 2.24. The maximum Gasteiger partial charge on any atom is 0.0230 e. The number of rotatable bonds is 4. The predicted octanol–water partition coefficient (Wildman–Crippen LogP) is 1.55. The predicted molar refractivity (Wildman–Crippen MR) is 61.2 cm³/mol. The van der Waals surface area contributed by atoms with Gasteiger partial charge in [-0.05, 0) is 6.42 Å². The molecule has 2 N–H and O–H groups in total. The second-order valence-electron chi connectivity index (χ2n) is 4.68. The van der Waals surface area contributed by atoms with Crippen molar-refractivity contribution in [3.8, 4) is 0 Å². The minimum absolute atomic E-state index is 0.406. The average molecular weight is 202 g/mol. The topological polar surface area (TPSA) is 29.3 Å². The van der Waals surface area contributed by atoms with E-state index in [1.807, 2.05) is 11.8 Å². The van der Waals surface area contributed by atoms with Crippen LogP contribution in [0, 0.1) is 0 Å². The third-order valence-corrected chi connectivity index (χ3v) is 3.70. The zero-order valence-corrected chi connectivity index (χ0v) is 9.86. The normalized spacial score (nSPS) is 24.5. The molecular weight excluding hydrogens is 180 g/mol. The van der Waals surface area contributed by atoms with Gasteiger partial charge in [-0.3, -0.25) is 4.90 Å². The Hall–Kier alpha value is 0.270. The summed E-state index contributed by atoms with van der Waals surface area (Å²) in [5.74, 6) is 1.24. The zero-order valence-electron chi connectivity index (χ0n) is 9.05. The average Bonchev–Trinajstić information content (AvgIpc) is 1.95. The maximum atomic E-state index is 5.63. The molecule has 0 amide bonds. The number of nitrogens with zero attached hydrogens (tertiary/aromatic N) is 1. The van der Waals surface area contributed by atoms with Crippen molar-refractivity contribution >= 4 is 11.8 Å². The number of hydrogen-bond acceptors (Lipinski definition) is 3. The third kappa shape index (κ3) is 3.88. The molecule has 2 nitrogen and oxygen atoms in total. The van der Waals surface area contributed by atoms with E-state index in [0.29, 0.717) is 10.8 Å². The molecule has 3 heteroatoms. The zero-order chi connectivity index (χ0) is 9.90. The maximum absolute atomic E-state index is 5.63. The summed E-state index contributed by atoms with van der Waals surface area (Å²) in [6.07, 6.45) is 1.30. The fourth-order valence-corrected chi connectivity index (χ4v) is 2.46. The fraction of sp³-hybridized carbons (Fsp3) is 1.00. The molecule has 0 aromatic carbocycles. The Morgan fingerprint density at radius 2 is 2.15 bits per heavy atom. The molecule has 1 aliphatic rings. The molecule has 0 bridgehead atoms. The molecule has 0 radical (unpaired) electrons. The number of likely N-dealkylation sites (tertiary alicyclic amines) is 1. The molecule has 1 atom stereocenters. The summed E-state index contributed by atoms with van der Waals surface area (Å²) in [5, 5.41) is 0. The van der Waals surface area contributed by atoms with Crippen LogP contribution in [-0.2, 0) is 0 Å². The third-order valence-electron chi connectivity index (χ3n) is 2.45. The van der Waals surface area contributed by atoms with Crippen molar-refractivity contribution in [1.82, 2.24) is 4.90 Å². The minimum atomic E-state index is 0.406. The lowest BCUT2D eigenvalue weighted by atomic mass is 10.0. The fourth-order valence-electron chi connectivity index (χ4n) is 1.52. The van der Waals surface area contributed by atoms with Crippen LogP contribution in [0.5, 0.6) is 0 Å². The number of nitrogens with two attached hydrogens (primary N) is 1. The van der Waals surface area contributed by atoms with Gasteiger partial charge in [0.15, 0.2) is 0 Å². The van der Waals surface area contributed by atoms with Crippen LogP contribution in [0.2, 0.25) is 0 Å². The van der Waals surface area contributed by atoms with Gasteiger partial charge in [-0.1, -0.05) is 20.8 Å². The molecule has 1 fully saturated rings. The quantitative estimate of drug-likeness (QED) is 0.750. The Morgan fingerprint density at radius 3 is 2.54 bits per heavy atom. The van der Waals surface area contributed by atoms with Gasteiger partial charge in [0.05, 0.1) is 0 Å². The number of thioether (sulfide) groups is 1. The monoisotopic (exact) mass is 202 g/mol. The van der Waals surface area contributed by atoms with Crippen molar-refractivity contribution in [3.63, 3.8) is 0 Å². The van der Waals surface area contributed by atoms with Gasteiger partial charge >= 0.3 is 0 Å². The molecule has 13 heavy (non-hydrogen) atoms. The van der Waals surface area contributed by atoms with E-state index in [0.717, 1.165) is 6.54 Å². The first-order valence-electron chi connectivity index (χ1n) is 5.11. The Labute approximate surface area is 86.2 Å². The van der Waals surface area contributed by atoms with Crippen LogP contribution in [0.25, 0.3) is 0 Å². The summed E-state index contributed by atoms with van der Waals surface area (Å²) < 4.78 is 0.406. The van der Waals surface area contributed by atoms with Gasteiger partial charge < -0.3 is 5.73 Å². The molecule has 1 rings (SSSR count). The first-order chi connectivity index (χ1) is 6.03. The Bertz CT molecular complexity index is 151. The van der Waals surface area contributed by atoms with Crippen LogP contribution in [0.1, 0.15) is 27.2 Å². The van der Waals surface area contributed by atoms with Crippen LogP contribution in [0.15, 0.2) is 0 Å². The molecule has 1 saturated heterocycles. The highest BCUT2D eigenvalue weighted by atomic mass is 32.2. The summed E-state index contributed by atoms with van der Waals surface area (Å²) in [7, 11) is 0. The highest BCUT2D eigenvalue weighted by Gasteiger charge is 2.25. The molecule has 0 aromatic rings. The summed E-state index contributed by atoms with van der Waals surface area (Å²) >= 11 is 2.04. The second-order valence-corrected chi connectivity index (χ2v) is 6.60. The molecule has 1 unspecified atom stereocenters. The largest absolute Gasteiger partial charge is 0.329 e. The van der Waals surface area contributed by atoms with E-state index in [4.69, 9.17) is 5.73 Å². The van der Waals surface area contributed by atoms with Crippen LogP contribution >= 0.6 is 11.8 Å². The van der Waals surface area contributed by atoms with Crippen LogP contribution in [0.3, 0.4) is 0 Å². The molecule has 78 valence electrons. The van der Waals surface area contributed by atoms with Gasteiger partial charge in [-0.15, -0.1) is 0 Å². The first-order valence-corrected chi connectivity index (χ1v) is 6.09. The summed E-state index contributed by atoms with van der Waals surface area (Å²) in [4.78, 5) is 2.50. The molecule has 0 saturated carbocycles. The van der Waals surface area contributed by atoms with Gasteiger partial charge in [0.2, 0.25) is 0 Å². The van der Waals surface area contributed by atoms with Gasteiger partial charge in [0.1, 0.15) is 0 Å². The van der Waals surface area contributed by atoms with E-state index in [-0.39, 0.29) is 0 Å². The van der Waals surface area contributed by atoms with Crippen molar-refractivity contribution < 1.29 is 0 Å². The van der Waals surface area contributed by atoms with E-state index in [1.54, 1.807) is 0 Å². The molecule has 0 aliphatic carbocycles. The lowest BCUT2D eigenvalue weighted by molar-refractivity contribution is 0.106. The standard InChI is InChI=1S/C10H22N2S/c1-10(2,3)13-7-6-12-5-4-9(12)8-11/h9H,4-8,11H2,1-3H3. The van der Waals surface area contributed by atoms with Crippen molar-refractivity contribution in [2.24, 2.45) is 5.73 Å². The van der Waals surface area contributed by atoms with E-state index in [1.165, 1.54) is 25.3 Å². The molecule has 1 heterocycles. The first kappa shape index (κ1) is 11.3. The molecule has 0 spiro atoms. The lowest BCUT2D eigenvalue weighted by Crippen LogP contribution is -2.52. The van der Waals surface area contributed by atoms with Crippen LogP contribution in [-0.4, -0.2) is 41.1 Å². The summed E-state index contributed by atoms with van der Waals surface area (Å²) in [5.41, 5.74) is 5.63. The minimum Gasteiger partial charge on any atom is -0.329 e. The van der Waals surface area contributed by atoms with Gasteiger partial charge in [-0.2, -0.15) is 11.8 Å². The smallest absolute Gasteiger partial charge is 0.0230 e. The van der Waals surface area contributed by atoms with Crippen molar-refractivity contribution in [3.05, 3.63) is 0 Å². The van der Waals surface area contributed by atoms with Crippen LogP contribution < -0.4 is 5.73 Å². The van der Waals surface area contributed by atoms with E-state index >= 15 is 0 Å². The highest BCUT2D eigenvalue weighted by molar-refractivity contribution is 8.00. The van der Waals surface area contributed by atoms with Crippen LogP contribution in [0.4, 0.5) is 0 Å². The lowest BCUT2D eigenvalue weighted by Gasteiger charge is -2.40. The van der Waals surface area contributed by atoms with Crippen molar-refractivity contribution in [2.45, 2.75) is 38.0 Å². The number of hydrogen-bond donors (Lipinski definition) is 1. The molecular formula is C10H22N2S. The SMILES string of the molecule is CC(C)(C)SCCN1CCC1CN. The Balaban J connectivity index is 2.06.